The number of aliphatic hydroxyl groups is 1. The monoisotopic (exact) mass is 466 g/mol. The predicted octanol–water partition coefficient (Wildman–Crippen LogP) is -2.45. The highest BCUT2D eigenvalue weighted by Gasteiger charge is 2.27. The molecule has 4 rings (SSSR count). The average Bonchev–Trinajstić information content (AvgIpc) is 3.13. The van der Waals surface area contributed by atoms with Crippen molar-refractivity contribution in [3.05, 3.63) is 61.3 Å². The van der Waals surface area contributed by atoms with E-state index in [4.69, 9.17) is 11.6 Å². The molecule has 9 nitrogen and oxygen atoms in total. The fraction of sp³-hybridized carbons (Fsp3) is 0.476. The molecule has 1 saturated heterocycles. The third-order valence-corrected chi connectivity index (χ3v) is 6.70. The SMILES string of the molecule is Cn1c(=O)c2c(nc(C[NH+]3CC[NH+](CCO)CC3)n2Cc2c(F)cccc2Cl)n(C)c1=O. The van der Waals surface area contributed by atoms with Crippen LogP contribution in [0.3, 0.4) is 0 Å². The van der Waals surface area contributed by atoms with Gasteiger partial charge in [-0.1, -0.05) is 17.7 Å². The molecule has 0 amide bonds. The van der Waals surface area contributed by atoms with Gasteiger partial charge in [0.25, 0.3) is 5.56 Å². The van der Waals surface area contributed by atoms with Gasteiger partial charge in [-0.25, -0.2) is 14.2 Å². The van der Waals surface area contributed by atoms with Crippen LogP contribution in [0.15, 0.2) is 27.8 Å². The molecular weight excluding hydrogens is 439 g/mol. The van der Waals surface area contributed by atoms with E-state index in [1.165, 1.54) is 33.5 Å². The molecule has 0 bridgehead atoms. The number of fused-ring (bicyclic) bond motifs is 1. The van der Waals surface area contributed by atoms with Gasteiger partial charge >= 0.3 is 5.69 Å². The highest BCUT2D eigenvalue weighted by molar-refractivity contribution is 6.31. The summed E-state index contributed by atoms with van der Waals surface area (Å²) in [6, 6.07) is 4.48. The second-order valence-corrected chi connectivity index (χ2v) is 8.75. The zero-order chi connectivity index (χ0) is 23.0. The summed E-state index contributed by atoms with van der Waals surface area (Å²) in [6.07, 6.45) is 0. The standard InChI is InChI=1S/C21H26ClFN6O3/c1-25-19-18(20(31)26(2)21(25)32)29(12-14-15(22)4-3-5-16(14)23)17(24-19)13-28-8-6-27(7-9-28)10-11-30/h3-5,30H,6-13H2,1-2H3/p+2. The van der Waals surface area contributed by atoms with Crippen molar-refractivity contribution in [2.24, 2.45) is 14.1 Å². The first-order valence-corrected chi connectivity index (χ1v) is 11.1. The Bertz CT molecular complexity index is 1240. The molecular formula is C21H28ClFN6O3+2. The maximum Gasteiger partial charge on any atom is 0.332 e. The van der Waals surface area contributed by atoms with Gasteiger partial charge < -0.3 is 19.5 Å². The highest BCUT2D eigenvalue weighted by Crippen LogP contribution is 2.22. The van der Waals surface area contributed by atoms with Crippen LogP contribution in [0.1, 0.15) is 11.4 Å². The van der Waals surface area contributed by atoms with E-state index in [0.717, 1.165) is 37.3 Å². The fourth-order valence-electron chi connectivity index (χ4n) is 4.40. The lowest BCUT2D eigenvalue weighted by Gasteiger charge is -2.29. The minimum atomic E-state index is -0.471. The van der Waals surface area contributed by atoms with Crippen molar-refractivity contribution in [3.8, 4) is 0 Å². The van der Waals surface area contributed by atoms with Gasteiger partial charge in [0.05, 0.1) is 13.2 Å². The van der Waals surface area contributed by atoms with Crippen LogP contribution in [0.5, 0.6) is 0 Å². The Morgan fingerprint density at radius 3 is 2.47 bits per heavy atom. The van der Waals surface area contributed by atoms with Crippen LogP contribution < -0.4 is 21.0 Å². The van der Waals surface area contributed by atoms with Gasteiger partial charge in [-0.3, -0.25) is 13.9 Å². The Morgan fingerprint density at radius 1 is 1.12 bits per heavy atom. The summed E-state index contributed by atoms with van der Waals surface area (Å²) in [4.78, 5) is 32.8. The molecule has 0 radical (unpaired) electrons. The topological polar surface area (TPSA) is 90.9 Å². The number of halogens is 2. The molecule has 3 aromatic rings. The molecule has 2 aromatic heterocycles. The van der Waals surface area contributed by atoms with Crippen molar-refractivity contribution in [2.45, 2.75) is 13.1 Å². The number of hydrogen-bond acceptors (Lipinski definition) is 4. The van der Waals surface area contributed by atoms with Gasteiger partial charge in [-0.2, -0.15) is 0 Å². The number of aryl methyl sites for hydroxylation is 1. The Morgan fingerprint density at radius 2 is 1.81 bits per heavy atom. The second-order valence-electron chi connectivity index (χ2n) is 8.34. The summed E-state index contributed by atoms with van der Waals surface area (Å²) in [6.45, 7) is 5.10. The molecule has 1 aromatic carbocycles. The van der Waals surface area contributed by atoms with Crippen molar-refractivity contribution < 1.29 is 19.3 Å². The Kier molecular flexibility index (Phi) is 6.47. The van der Waals surface area contributed by atoms with Crippen molar-refractivity contribution in [3.63, 3.8) is 0 Å². The molecule has 1 aliphatic rings. The van der Waals surface area contributed by atoms with E-state index in [9.17, 15) is 19.1 Å². The maximum absolute atomic E-state index is 14.6. The van der Waals surface area contributed by atoms with E-state index in [1.54, 1.807) is 17.7 Å². The number of imidazole rings is 1. The lowest BCUT2D eigenvalue weighted by Crippen LogP contribution is -3.27. The third-order valence-electron chi connectivity index (χ3n) is 6.34. The molecule has 0 spiro atoms. The number of aromatic nitrogens is 4. The second kappa shape index (κ2) is 9.14. The molecule has 0 aliphatic carbocycles. The summed E-state index contributed by atoms with van der Waals surface area (Å²) < 4.78 is 18.7. The van der Waals surface area contributed by atoms with Gasteiger partial charge in [-0.15, -0.1) is 0 Å². The molecule has 172 valence electrons. The predicted molar refractivity (Wildman–Crippen MR) is 118 cm³/mol. The first-order valence-electron chi connectivity index (χ1n) is 10.7. The van der Waals surface area contributed by atoms with Crippen molar-refractivity contribution in [2.75, 3.05) is 39.3 Å². The smallest absolute Gasteiger partial charge is 0.332 e. The fourth-order valence-corrected chi connectivity index (χ4v) is 4.63. The van der Waals surface area contributed by atoms with E-state index in [1.807, 2.05) is 0 Å². The van der Waals surface area contributed by atoms with E-state index < -0.39 is 17.1 Å². The summed E-state index contributed by atoms with van der Waals surface area (Å²) in [5, 5.41) is 9.45. The summed E-state index contributed by atoms with van der Waals surface area (Å²) >= 11 is 6.27. The number of nitrogens with zero attached hydrogens (tertiary/aromatic N) is 4. The van der Waals surface area contributed by atoms with Crippen LogP contribution in [-0.4, -0.2) is 63.1 Å². The molecule has 0 unspecified atom stereocenters. The van der Waals surface area contributed by atoms with Crippen molar-refractivity contribution >= 4 is 22.8 Å². The Labute approximate surface area is 188 Å². The number of rotatable bonds is 6. The molecule has 3 heterocycles. The average molecular weight is 467 g/mol. The van der Waals surface area contributed by atoms with E-state index in [-0.39, 0.29) is 34.9 Å². The van der Waals surface area contributed by atoms with Gasteiger partial charge in [0.2, 0.25) is 0 Å². The van der Waals surface area contributed by atoms with Gasteiger partial charge in [-0.05, 0) is 12.1 Å². The minimum absolute atomic E-state index is 0.0416. The summed E-state index contributed by atoms with van der Waals surface area (Å²) in [5.41, 5.74) is -0.118. The van der Waals surface area contributed by atoms with Gasteiger partial charge in [0.1, 0.15) is 45.1 Å². The molecule has 32 heavy (non-hydrogen) atoms. The zero-order valence-electron chi connectivity index (χ0n) is 18.2. The molecule has 1 fully saturated rings. The largest absolute Gasteiger partial charge is 0.391 e. The Hall–Kier alpha value is -2.53. The number of aliphatic hydroxyl groups excluding tert-OH is 1. The first kappa shape index (κ1) is 22.7. The maximum atomic E-state index is 14.6. The van der Waals surface area contributed by atoms with Crippen LogP contribution in [-0.2, 0) is 27.2 Å². The third kappa shape index (κ3) is 4.11. The van der Waals surface area contributed by atoms with Gasteiger partial charge in [0.15, 0.2) is 17.0 Å². The van der Waals surface area contributed by atoms with Crippen molar-refractivity contribution in [1.82, 2.24) is 18.7 Å². The lowest BCUT2D eigenvalue weighted by molar-refractivity contribution is -1.02. The minimum Gasteiger partial charge on any atom is -0.391 e. The highest BCUT2D eigenvalue weighted by atomic mass is 35.5. The van der Waals surface area contributed by atoms with Crippen LogP contribution in [0.25, 0.3) is 11.2 Å². The van der Waals surface area contributed by atoms with Crippen LogP contribution in [0.4, 0.5) is 4.39 Å². The van der Waals surface area contributed by atoms with Crippen molar-refractivity contribution in [1.29, 1.82) is 0 Å². The van der Waals surface area contributed by atoms with Crippen LogP contribution in [0, 0.1) is 5.82 Å². The normalized spacial score (nSPS) is 19.0. The zero-order valence-corrected chi connectivity index (χ0v) is 19.0. The quantitative estimate of drug-likeness (QED) is 0.376. The molecule has 1 aliphatic heterocycles. The van der Waals surface area contributed by atoms with E-state index in [0.29, 0.717) is 12.4 Å². The number of benzene rings is 1. The molecule has 0 atom stereocenters. The lowest BCUT2D eigenvalue weighted by atomic mass is 10.2. The number of hydrogen-bond donors (Lipinski definition) is 3. The first-order chi connectivity index (χ1) is 15.3. The number of piperazine rings is 1. The summed E-state index contributed by atoms with van der Waals surface area (Å²) in [7, 11) is 3.00. The van der Waals surface area contributed by atoms with Crippen LogP contribution >= 0.6 is 11.6 Å². The molecule has 11 heteroatoms. The Balaban J connectivity index is 1.79. The van der Waals surface area contributed by atoms with E-state index >= 15 is 0 Å². The van der Waals surface area contributed by atoms with Gasteiger partial charge in [0, 0.05) is 24.7 Å². The summed E-state index contributed by atoms with van der Waals surface area (Å²) in [5.74, 6) is 0.152. The van der Waals surface area contributed by atoms with E-state index in [2.05, 4.69) is 4.98 Å². The number of quaternary nitrogens is 2. The molecule has 0 saturated carbocycles. The molecule has 3 N–H and O–H groups in total. The van der Waals surface area contributed by atoms with Crippen LogP contribution in [0.2, 0.25) is 5.02 Å². The number of nitrogens with one attached hydrogen (secondary N) is 2.